The van der Waals surface area contributed by atoms with Crippen molar-refractivity contribution in [1.82, 2.24) is 15.5 Å². The molecule has 2 atom stereocenters. The Morgan fingerprint density at radius 2 is 2.04 bits per heavy atom. The summed E-state index contributed by atoms with van der Waals surface area (Å²) in [5.74, 6) is 2.42. The van der Waals surface area contributed by atoms with Gasteiger partial charge in [-0.3, -0.25) is 0 Å². The zero-order chi connectivity index (χ0) is 18.4. The van der Waals surface area contributed by atoms with Crippen LogP contribution >= 0.6 is 11.6 Å². The topological polar surface area (TPSA) is 48.9 Å². The molecule has 1 aromatic rings. The number of halogens is 1. The second-order valence-corrected chi connectivity index (χ2v) is 7.80. The number of aliphatic imine (C=N–C) groups is 1. The molecule has 1 aliphatic carbocycles. The van der Waals surface area contributed by atoms with Crippen LogP contribution in [0.2, 0.25) is 5.02 Å². The second-order valence-electron chi connectivity index (χ2n) is 7.36. The van der Waals surface area contributed by atoms with Gasteiger partial charge in [0.05, 0.1) is 6.54 Å². The number of nitrogens with zero attached hydrogens (tertiary/aromatic N) is 2. The van der Waals surface area contributed by atoms with Gasteiger partial charge < -0.3 is 20.3 Å². The van der Waals surface area contributed by atoms with Crippen molar-refractivity contribution in [3.63, 3.8) is 0 Å². The van der Waals surface area contributed by atoms with Crippen molar-refractivity contribution >= 4 is 17.6 Å². The lowest BCUT2D eigenvalue weighted by atomic mass is 10.1. The Morgan fingerprint density at radius 3 is 2.73 bits per heavy atom. The van der Waals surface area contributed by atoms with Crippen molar-refractivity contribution in [2.75, 3.05) is 32.7 Å². The van der Waals surface area contributed by atoms with Crippen molar-refractivity contribution in [1.29, 1.82) is 0 Å². The van der Waals surface area contributed by atoms with Crippen LogP contribution in [0.5, 0.6) is 5.75 Å². The smallest absolute Gasteiger partial charge is 0.191 e. The highest BCUT2D eigenvalue weighted by molar-refractivity contribution is 6.30. The molecular weight excluding hydrogens is 348 g/mol. The van der Waals surface area contributed by atoms with Gasteiger partial charge in [-0.25, -0.2) is 4.99 Å². The van der Waals surface area contributed by atoms with Gasteiger partial charge in [0.15, 0.2) is 5.96 Å². The van der Waals surface area contributed by atoms with Crippen LogP contribution in [0.1, 0.15) is 33.1 Å². The van der Waals surface area contributed by atoms with E-state index in [-0.39, 0.29) is 6.10 Å². The first-order valence-electron chi connectivity index (χ1n) is 9.82. The molecule has 1 saturated heterocycles. The maximum absolute atomic E-state index is 5.91. The van der Waals surface area contributed by atoms with E-state index in [1.165, 1.54) is 32.4 Å². The molecule has 1 aliphatic heterocycles. The standard InChI is InChI=1S/C20H31ClN4O/c1-3-22-20(24-13-16-10-11-25(14-16)18-6-7-18)23-12-15(2)26-19-8-4-17(21)5-9-19/h4-5,8-9,15-16,18H,3,6-7,10-14H2,1-2H3,(H2,22,23,24). The minimum atomic E-state index is 0.00321. The Balaban J connectivity index is 1.43. The van der Waals surface area contributed by atoms with Crippen molar-refractivity contribution < 1.29 is 4.74 Å². The summed E-state index contributed by atoms with van der Waals surface area (Å²) >= 11 is 5.91. The Kier molecular flexibility index (Phi) is 7.03. The van der Waals surface area contributed by atoms with Crippen LogP contribution in [0.15, 0.2) is 29.3 Å². The lowest BCUT2D eigenvalue weighted by Gasteiger charge is -2.18. The first-order valence-corrected chi connectivity index (χ1v) is 10.2. The molecule has 144 valence electrons. The van der Waals surface area contributed by atoms with Crippen molar-refractivity contribution in [3.05, 3.63) is 29.3 Å². The van der Waals surface area contributed by atoms with E-state index in [0.717, 1.165) is 36.8 Å². The minimum absolute atomic E-state index is 0.00321. The Bertz CT molecular complexity index is 588. The van der Waals surface area contributed by atoms with Gasteiger partial charge in [-0.1, -0.05) is 11.6 Å². The van der Waals surface area contributed by atoms with Crippen molar-refractivity contribution in [2.24, 2.45) is 10.9 Å². The molecule has 0 spiro atoms. The van der Waals surface area contributed by atoms with Crippen LogP contribution in [0.25, 0.3) is 0 Å². The van der Waals surface area contributed by atoms with Gasteiger partial charge in [0.1, 0.15) is 11.9 Å². The number of benzene rings is 1. The molecule has 1 heterocycles. The number of rotatable bonds is 8. The fraction of sp³-hybridized carbons (Fsp3) is 0.650. The summed E-state index contributed by atoms with van der Waals surface area (Å²) in [5, 5.41) is 7.56. The van der Waals surface area contributed by atoms with Gasteiger partial charge in [-0.05, 0) is 69.8 Å². The molecule has 2 unspecified atom stereocenters. The minimum Gasteiger partial charge on any atom is -0.489 e. The molecule has 0 amide bonds. The summed E-state index contributed by atoms with van der Waals surface area (Å²) in [4.78, 5) is 7.34. The van der Waals surface area contributed by atoms with Gasteiger partial charge in [0.25, 0.3) is 0 Å². The van der Waals surface area contributed by atoms with E-state index in [2.05, 4.69) is 27.4 Å². The highest BCUT2D eigenvalue weighted by atomic mass is 35.5. The van der Waals surface area contributed by atoms with E-state index in [4.69, 9.17) is 16.3 Å². The normalized spacial score (nSPS) is 22.3. The average Bonchev–Trinajstić information content (AvgIpc) is 3.38. The number of ether oxygens (including phenoxy) is 1. The lowest BCUT2D eigenvalue weighted by Crippen LogP contribution is -2.41. The molecule has 2 fully saturated rings. The van der Waals surface area contributed by atoms with Gasteiger partial charge in [-0.2, -0.15) is 0 Å². The Morgan fingerprint density at radius 1 is 1.27 bits per heavy atom. The number of hydrogen-bond donors (Lipinski definition) is 2. The molecule has 3 rings (SSSR count). The zero-order valence-corrected chi connectivity index (χ0v) is 16.6. The molecule has 1 aromatic carbocycles. The molecule has 0 radical (unpaired) electrons. The van der Waals surface area contributed by atoms with E-state index in [1.807, 2.05) is 31.2 Å². The molecule has 0 bridgehead atoms. The maximum Gasteiger partial charge on any atom is 0.191 e. The Hall–Kier alpha value is -1.46. The summed E-state index contributed by atoms with van der Waals surface area (Å²) in [6.45, 7) is 9.07. The highest BCUT2D eigenvalue weighted by Gasteiger charge is 2.34. The third-order valence-electron chi connectivity index (χ3n) is 4.94. The predicted molar refractivity (Wildman–Crippen MR) is 108 cm³/mol. The van der Waals surface area contributed by atoms with Gasteiger partial charge in [0.2, 0.25) is 0 Å². The van der Waals surface area contributed by atoms with Gasteiger partial charge >= 0.3 is 0 Å². The van der Waals surface area contributed by atoms with E-state index in [0.29, 0.717) is 11.6 Å². The van der Waals surface area contributed by atoms with Crippen LogP contribution in [0.3, 0.4) is 0 Å². The van der Waals surface area contributed by atoms with Crippen LogP contribution in [-0.2, 0) is 0 Å². The number of guanidine groups is 1. The van der Waals surface area contributed by atoms with Crippen molar-refractivity contribution in [2.45, 2.75) is 45.3 Å². The summed E-state index contributed by atoms with van der Waals surface area (Å²) in [6, 6.07) is 8.33. The average molecular weight is 379 g/mol. The second kappa shape index (κ2) is 9.47. The molecule has 1 saturated carbocycles. The first-order chi connectivity index (χ1) is 12.6. The quantitative estimate of drug-likeness (QED) is 0.539. The zero-order valence-electron chi connectivity index (χ0n) is 15.9. The molecule has 2 N–H and O–H groups in total. The largest absolute Gasteiger partial charge is 0.489 e. The van der Waals surface area contributed by atoms with Gasteiger partial charge in [0, 0.05) is 30.7 Å². The number of nitrogens with one attached hydrogen (secondary N) is 2. The number of hydrogen-bond acceptors (Lipinski definition) is 3. The monoisotopic (exact) mass is 378 g/mol. The summed E-state index contributed by atoms with van der Waals surface area (Å²) in [7, 11) is 0. The summed E-state index contributed by atoms with van der Waals surface area (Å²) < 4.78 is 5.90. The fourth-order valence-corrected chi connectivity index (χ4v) is 3.51. The third kappa shape index (κ3) is 6.06. The molecule has 0 aromatic heterocycles. The maximum atomic E-state index is 5.91. The van der Waals surface area contributed by atoms with Crippen LogP contribution in [0, 0.1) is 5.92 Å². The van der Waals surface area contributed by atoms with E-state index in [1.54, 1.807) is 0 Å². The number of likely N-dealkylation sites (tertiary alicyclic amines) is 1. The molecular formula is C20H31ClN4O. The fourth-order valence-electron chi connectivity index (χ4n) is 3.39. The first kappa shape index (κ1) is 19.3. The SMILES string of the molecule is CCNC(=NCC(C)Oc1ccc(Cl)cc1)NCC1CCN(C2CC2)C1. The van der Waals surface area contributed by atoms with Gasteiger partial charge in [-0.15, -0.1) is 0 Å². The molecule has 5 nitrogen and oxygen atoms in total. The van der Waals surface area contributed by atoms with Crippen LogP contribution in [-0.4, -0.2) is 55.7 Å². The lowest BCUT2D eigenvalue weighted by molar-refractivity contribution is 0.230. The van der Waals surface area contributed by atoms with Crippen LogP contribution in [0.4, 0.5) is 0 Å². The van der Waals surface area contributed by atoms with E-state index in [9.17, 15) is 0 Å². The van der Waals surface area contributed by atoms with E-state index < -0.39 is 0 Å². The predicted octanol–water partition coefficient (Wildman–Crippen LogP) is 3.15. The summed E-state index contributed by atoms with van der Waals surface area (Å²) in [5.41, 5.74) is 0. The summed E-state index contributed by atoms with van der Waals surface area (Å²) in [6.07, 6.45) is 4.09. The highest BCUT2D eigenvalue weighted by Crippen LogP contribution is 2.31. The Labute approximate surface area is 162 Å². The van der Waals surface area contributed by atoms with Crippen molar-refractivity contribution in [3.8, 4) is 5.75 Å². The third-order valence-corrected chi connectivity index (χ3v) is 5.19. The van der Waals surface area contributed by atoms with Crippen LogP contribution < -0.4 is 15.4 Å². The molecule has 26 heavy (non-hydrogen) atoms. The van der Waals surface area contributed by atoms with E-state index >= 15 is 0 Å². The molecule has 2 aliphatic rings. The molecule has 6 heteroatoms.